The van der Waals surface area contributed by atoms with Crippen LogP contribution in [0.5, 0.6) is 0 Å². The first-order chi connectivity index (χ1) is 9.94. The van der Waals surface area contributed by atoms with Crippen molar-refractivity contribution in [3.63, 3.8) is 0 Å². The highest BCUT2D eigenvalue weighted by Gasteiger charge is 2.18. The minimum Gasteiger partial charge on any atom is -0.380 e. The molecule has 1 N–H and O–H groups in total. The lowest BCUT2D eigenvalue weighted by atomic mass is 10.3. The lowest BCUT2D eigenvalue weighted by Crippen LogP contribution is -2.16. The van der Waals surface area contributed by atoms with Crippen LogP contribution in [0.4, 0.5) is 10.2 Å². The van der Waals surface area contributed by atoms with Crippen LogP contribution >= 0.6 is 11.6 Å². The number of ether oxygens (including phenoxy) is 1. The zero-order chi connectivity index (χ0) is 15.5. The molecular formula is C12H11ClFN3O3S. The van der Waals surface area contributed by atoms with Crippen LogP contribution < -0.4 is 4.72 Å². The molecule has 2 aromatic rings. The highest BCUT2D eigenvalue weighted by Crippen LogP contribution is 2.22. The Morgan fingerprint density at radius 1 is 1.38 bits per heavy atom. The normalized spacial score (nSPS) is 11.4. The van der Waals surface area contributed by atoms with Gasteiger partial charge in [0.25, 0.3) is 10.0 Å². The zero-order valence-corrected chi connectivity index (χ0v) is 12.4. The van der Waals surface area contributed by atoms with Crippen LogP contribution in [0.25, 0.3) is 0 Å². The summed E-state index contributed by atoms with van der Waals surface area (Å²) in [5.41, 5.74) is 0.518. The van der Waals surface area contributed by atoms with E-state index in [0.29, 0.717) is 5.56 Å². The summed E-state index contributed by atoms with van der Waals surface area (Å²) >= 11 is 5.59. The van der Waals surface area contributed by atoms with Gasteiger partial charge in [0.1, 0.15) is 5.82 Å². The van der Waals surface area contributed by atoms with E-state index in [1.165, 1.54) is 13.3 Å². The average Bonchev–Trinajstić information content (AvgIpc) is 2.44. The van der Waals surface area contributed by atoms with Crippen molar-refractivity contribution in [1.82, 2.24) is 10.2 Å². The molecule has 0 radical (unpaired) electrons. The summed E-state index contributed by atoms with van der Waals surface area (Å²) in [7, 11) is -2.48. The monoisotopic (exact) mass is 331 g/mol. The van der Waals surface area contributed by atoms with Crippen molar-refractivity contribution in [2.24, 2.45) is 0 Å². The number of anilines is 1. The molecule has 0 atom stereocenters. The van der Waals surface area contributed by atoms with Gasteiger partial charge in [-0.3, -0.25) is 4.72 Å². The Bertz CT molecular complexity index is 755. The van der Waals surface area contributed by atoms with Gasteiger partial charge in [-0.2, -0.15) is 5.10 Å². The number of rotatable bonds is 5. The van der Waals surface area contributed by atoms with Gasteiger partial charge in [-0.25, -0.2) is 12.8 Å². The molecule has 2 rings (SSSR count). The molecule has 0 bridgehead atoms. The Labute approximate surface area is 126 Å². The molecule has 0 saturated carbocycles. The Kier molecular flexibility index (Phi) is 4.71. The van der Waals surface area contributed by atoms with Crippen molar-refractivity contribution in [3.05, 3.63) is 46.9 Å². The lowest BCUT2D eigenvalue weighted by molar-refractivity contribution is 0.185. The second kappa shape index (κ2) is 6.33. The van der Waals surface area contributed by atoms with Crippen LogP contribution in [0.15, 0.2) is 35.4 Å². The number of methoxy groups -OCH3 is 1. The molecule has 1 aromatic heterocycles. The van der Waals surface area contributed by atoms with Gasteiger partial charge >= 0.3 is 0 Å². The van der Waals surface area contributed by atoms with Crippen LogP contribution in [0.1, 0.15) is 5.56 Å². The number of halogens is 2. The molecule has 1 aromatic carbocycles. The molecule has 0 saturated heterocycles. The van der Waals surface area contributed by atoms with Crippen LogP contribution in [-0.4, -0.2) is 25.7 Å². The second-order valence-electron chi connectivity index (χ2n) is 4.02. The molecule has 0 aliphatic heterocycles. The van der Waals surface area contributed by atoms with Crippen LogP contribution in [0.3, 0.4) is 0 Å². The molecular weight excluding hydrogens is 321 g/mol. The number of aromatic nitrogens is 2. The van der Waals surface area contributed by atoms with Crippen molar-refractivity contribution in [1.29, 1.82) is 0 Å². The standard InChI is InChI=1S/C12H11ClFN3O3S/c1-20-7-8-4-5-15-16-12(8)17-21(18,19)9-2-3-11(14)10(13)6-9/h2-6H,7H2,1H3,(H,16,17). The predicted octanol–water partition coefficient (Wildman–Crippen LogP) is 2.22. The number of nitrogens with one attached hydrogen (secondary N) is 1. The number of nitrogens with zero attached hydrogens (tertiary/aromatic N) is 2. The van der Waals surface area contributed by atoms with E-state index in [2.05, 4.69) is 14.9 Å². The number of benzene rings is 1. The summed E-state index contributed by atoms with van der Waals surface area (Å²) in [6.45, 7) is 0.164. The summed E-state index contributed by atoms with van der Waals surface area (Å²) in [6, 6.07) is 4.68. The third-order valence-electron chi connectivity index (χ3n) is 2.54. The molecule has 0 amide bonds. The van der Waals surface area contributed by atoms with Gasteiger partial charge in [0.15, 0.2) is 5.82 Å². The molecule has 6 nitrogen and oxygen atoms in total. The predicted molar refractivity (Wildman–Crippen MR) is 75.0 cm³/mol. The fraction of sp³-hybridized carbons (Fsp3) is 0.167. The average molecular weight is 332 g/mol. The van der Waals surface area contributed by atoms with Crippen LogP contribution in [0, 0.1) is 5.82 Å². The van der Waals surface area contributed by atoms with Gasteiger partial charge in [-0.05, 0) is 24.3 Å². The van der Waals surface area contributed by atoms with E-state index in [0.717, 1.165) is 18.2 Å². The van der Waals surface area contributed by atoms with Crippen molar-refractivity contribution < 1.29 is 17.5 Å². The minimum atomic E-state index is -3.95. The van der Waals surface area contributed by atoms with Gasteiger partial charge in [0.05, 0.1) is 22.7 Å². The molecule has 0 spiro atoms. The summed E-state index contributed by atoms with van der Waals surface area (Å²) in [5, 5.41) is 7.06. The molecule has 0 aliphatic carbocycles. The van der Waals surface area contributed by atoms with E-state index in [4.69, 9.17) is 16.3 Å². The van der Waals surface area contributed by atoms with E-state index >= 15 is 0 Å². The number of hydrogen-bond donors (Lipinski definition) is 1. The SMILES string of the molecule is COCc1ccnnc1NS(=O)(=O)c1ccc(F)c(Cl)c1. The van der Waals surface area contributed by atoms with Gasteiger partial charge < -0.3 is 4.74 Å². The van der Waals surface area contributed by atoms with Crippen LogP contribution in [-0.2, 0) is 21.4 Å². The summed E-state index contributed by atoms with van der Waals surface area (Å²) in [5.74, 6) is -0.657. The van der Waals surface area contributed by atoms with Gasteiger partial charge in [-0.1, -0.05) is 11.6 Å². The second-order valence-corrected chi connectivity index (χ2v) is 6.11. The van der Waals surface area contributed by atoms with Crippen molar-refractivity contribution in [2.75, 3.05) is 11.8 Å². The van der Waals surface area contributed by atoms with E-state index in [9.17, 15) is 12.8 Å². The topological polar surface area (TPSA) is 81.2 Å². The maximum Gasteiger partial charge on any atom is 0.263 e. The maximum absolute atomic E-state index is 13.1. The first kappa shape index (κ1) is 15.6. The first-order valence-corrected chi connectivity index (χ1v) is 7.57. The third-order valence-corrected chi connectivity index (χ3v) is 4.16. The molecule has 0 aliphatic rings. The smallest absolute Gasteiger partial charge is 0.263 e. The van der Waals surface area contributed by atoms with Crippen molar-refractivity contribution in [2.45, 2.75) is 11.5 Å². The lowest BCUT2D eigenvalue weighted by Gasteiger charge is -2.10. The Morgan fingerprint density at radius 2 is 2.14 bits per heavy atom. The number of hydrogen-bond acceptors (Lipinski definition) is 5. The van der Waals surface area contributed by atoms with Crippen molar-refractivity contribution >= 4 is 27.4 Å². The van der Waals surface area contributed by atoms with E-state index in [1.54, 1.807) is 6.07 Å². The highest BCUT2D eigenvalue weighted by molar-refractivity contribution is 7.92. The summed E-state index contributed by atoms with van der Waals surface area (Å²) in [6.07, 6.45) is 1.42. The van der Waals surface area contributed by atoms with E-state index in [-0.39, 0.29) is 22.3 Å². The molecule has 112 valence electrons. The quantitative estimate of drug-likeness (QED) is 0.908. The molecule has 21 heavy (non-hydrogen) atoms. The maximum atomic E-state index is 13.1. The minimum absolute atomic E-state index is 0.0415. The van der Waals surface area contributed by atoms with Gasteiger partial charge in [0, 0.05) is 12.7 Å². The first-order valence-electron chi connectivity index (χ1n) is 5.71. The molecule has 9 heteroatoms. The summed E-state index contributed by atoms with van der Waals surface area (Å²) in [4.78, 5) is -0.178. The third kappa shape index (κ3) is 3.66. The largest absolute Gasteiger partial charge is 0.380 e. The van der Waals surface area contributed by atoms with E-state index in [1.807, 2.05) is 0 Å². The Balaban J connectivity index is 2.35. The van der Waals surface area contributed by atoms with Crippen molar-refractivity contribution in [3.8, 4) is 0 Å². The molecule has 1 heterocycles. The zero-order valence-electron chi connectivity index (χ0n) is 10.9. The highest BCUT2D eigenvalue weighted by atomic mass is 35.5. The van der Waals surface area contributed by atoms with Crippen LogP contribution in [0.2, 0.25) is 5.02 Å². The fourth-order valence-corrected chi connectivity index (χ4v) is 2.86. The van der Waals surface area contributed by atoms with Gasteiger partial charge in [0.2, 0.25) is 0 Å². The Morgan fingerprint density at radius 3 is 2.81 bits per heavy atom. The number of sulfonamides is 1. The molecule has 0 fully saturated rings. The van der Waals surface area contributed by atoms with Gasteiger partial charge in [-0.15, -0.1) is 5.10 Å². The van der Waals surface area contributed by atoms with E-state index < -0.39 is 15.8 Å². The Hall–Kier alpha value is -1.77. The fourth-order valence-electron chi connectivity index (χ4n) is 1.55. The molecule has 0 unspecified atom stereocenters. The summed E-state index contributed by atoms with van der Waals surface area (Å²) < 4.78 is 44.8.